The SMILES string of the molecule is Cc1ccc(Cn2nc(C(=O)Cl)c(C)c2-c2ccc(Cl)c(CN)c2)cc1. The lowest BCUT2D eigenvalue weighted by molar-refractivity contribution is 0.107. The van der Waals surface area contributed by atoms with Gasteiger partial charge in [-0.15, -0.1) is 0 Å². The molecule has 0 radical (unpaired) electrons. The summed E-state index contributed by atoms with van der Waals surface area (Å²) in [7, 11) is 0. The van der Waals surface area contributed by atoms with E-state index in [0.29, 0.717) is 18.1 Å². The van der Waals surface area contributed by atoms with E-state index in [2.05, 4.69) is 5.10 Å². The summed E-state index contributed by atoms with van der Waals surface area (Å²) in [4.78, 5) is 11.8. The first kappa shape index (κ1) is 18.6. The molecule has 0 saturated heterocycles. The molecular formula is C20H19Cl2N3O. The van der Waals surface area contributed by atoms with E-state index in [-0.39, 0.29) is 5.69 Å². The molecule has 2 N–H and O–H groups in total. The van der Waals surface area contributed by atoms with E-state index in [1.54, 1.807) is 4.68 Å². The highest BCUT2D eigenvalue weighted by molar-refractivity contribution is 6.67. The van der Waals surface area contributed by atoms with Gasteiger partial charge in [0.1, 0.15) is 5.69 Å². The van der Waals surface area contributed by atoms with Crippen molar-refractivity contribution in [3.8, 4) is 11.3 Å². The summed E-state index contributed by atoms with van der Waals surface area (Å²) in [6, 6.07) is 13.8. The summed E-state index contributed by atoms with van der Waals surface area (Å²) >= 11 is 11.9. The van der Waals surface area contributed by atoms with Crippen molar-refractivity contribution in [1.29, 1.82) is 0 Å². The van der Waals surface area contributed by atoms with E-state index < -0.39 is 5.24 Å². The molecule has 26 heavy (non-hydrogen) atoms. The Morgan fingerprint density at radius 2 is 1.85 bits per heavy atom. The van der Waals surface area contributed by atoms with Gasteiger partial charge >= 0.3 is 0 Å². The highest BCUT2D eigenvalue weighted by Crippen LogP contribution is 2.30. The van der Waals surface area contributed by atoms with Crippen LogP contribution in [0.25, 0.3) is 11.3 Å². The molecule has 6 heteroatoms. The minimum atomic E-state index is -0.570. The van der Waals surface area contributed by atoms with Crippen LogP contribution in [0.15, 0.2) is 42.5 Å². The Kier molecular flexibility index (Phi) is 5.47. The first-order valence-electron chi connectivity index (χ1n) is 8.22. The molecule has 1 aromatic heterocycles. The third-order valence-corrected chi connectivity index (χ3v) is 4.92. The minimum absolute atomic E-state index is 0.262. The maximum atomic E-state index is 11.8. The Bertz CT molecular complexity index is 962. The van der Waals surface area contributed by atoms with Crippen LogP contribution in [0.1, 0.15) is 32.7 Å². The van der Waals surface area contributed by atoms with Crippen LogP contribution in [0.3, 0.4) is 0 Å². The molecule has 4 nitrogen and oxygen atoms in total. The highest BCUT2D eigenvalue weighted by atomic mass is 35.5. The van der Waals surface area contributed by atoms with Gasteiger partial charge in [0.25, 0.3) is 5.24 Å². The molecule has 0 bridgehead atoms. The number of benzene rings is 2. The molecule has 1 heterocycles. The molecule has 0 saturated carbocycles. The van der Waals surface area contributed by atoms with Crippen molar-refractivity contribution in [2.45, 2.75) is 26.9 Å². The van der Waals surface area contributed by atoms with Gasteiger partial charge in [0.2, 0.25) is 0 Å². The second-order valence-corrected chi connectivity index (χ2v) is 7.00. The second kappa shape index (κ2) is 7.62. The molecule has 0 fully saturated rings. The fourth-order valence-electron chi connectivity index (χ4n) is 2.96. The molecular weight excluding hydrogens is 369 g/mol. The van der Waals surface area contributed by atoms with Crippen molar-refractivity contribution in [2.75, 3.05) is 0 Å². The van der Waals surface area contributed by atoms with E-state index in [0.717, 1.165) is 27.9 Å². The second-order valence-electron chi connectivity index (χ2n) is 6.25. The predicted molar refractivity (Wildman–Crippen MR) is 106 cm³/mol. The maximum Gasteiger partial charge on any atom is 0.273 e. The first-order valence-corrected chi connectivity index (χ1v) is 8.98. The summed E-state index contributed by atoms with van der Waals surface area (Å²) in [5.41, 5.74) is 11.6. The number of carbonyl (C=O) groups excluding carboxylic acids is 1. The van der Waals surface area contributed by atoms with Gasteiger partial charge in [-0.05, 0) is 48.7 Å². The van der Waals surface area contributed by atoms with Crippen LogP contribution in [0.2, 0.25) is 5.02 Å². The monoisotopic (exact) mass is 387 g/mol. The average Bonchev–Trinajstić information content (AvgIpc) is 2.94. The van der Waals surface area contributed by atoms with Gasteiger partial charge in [-0.1, -0.05) is 47.5 Å². The van der Waals surface area contributed by atoms with E-state index >= 15 is 0 Å². The normalized spacial score (nSPS) is 11.0. The first-order chi connectivity index (χ1) is 12.4. The van der Waals surface area contributed by atoms with Crippen LogP contribution < -0.4 is 5.73 Å². The van der Waals surface area contributed by atoms with Crippen LogP contribution in [0.4, 0.5) is 0 Å². The number of nitrogens with zero attached hydrogens (tertiary/aromatic N) is 2. The van der Waals surface area contributed by atoms with Crippen molar-refractivity contribution in [3.63, 3.8) is 0 Å². The number of aromatic nitrogens is 2. The van der Waals surface area contributed by atoms with E-state index in [1.165, 1.54) is 5.56 Å². The lowest BCUT2D eigenvalue weighted by Crippen LogP contribution is -2.05. The van der Waals surface area contributed by atoms with Gasteiger partial charge in [-0.2, -0.15) is 5.10 Å². The number of halogens is 2. The number of hydrogen-bond donors (Lipinski definition) is 1. The number of nitrogens with two attached hydrogens (primary N) is 1. The summed E-state index contributed by atoms with van der Waals surface area (Å²) in [6.45, 7) is 4.75. The molecule has 0 amide bonds. The molecule has 3 rings (SSSR count). The van der Waals surface area contributed by atoms with Crippen molar-refractivity contribution in [2.24, 2.45) is 5.73 Å². The van der Waals surface area contributed by atoms with Crippen LogP contribution in [-0.2, 0) is 13.1 Å². The van der Waals surface area contributed by atoms with Crippen molar-refractivity contribution in [3.05, 3.63) is 75.4 Å². The Morgan fingerprint density at radius 3 is 2.46 bits per heavy atom. The van der Waals surface area contributed by atoms with Crippen LogP contribution >= 0.6 is 23.2 Å². The van der Waals surface area contributed by atoms with Crippen molar-refractivity contribution in [1.82, 2.24) is 9.78 Å². The Labute approximate surface area is 162 Å². The molecule has 2 aromatic carbocycles. The quantitative estimate of drug-likeness (QED) is 0.644. The third kappa shape index (κ3) is 3.68. The highest BCUT2D eigenvalue weighted by Gasteiger charge is 2.20. The van der Waals surface area contributed by atoms with Crippen molar-refractivity contribution < 1.29 is 4.79 Å². The molecule has 3 aromatic rings. The van der Waals surface area contributed by atoms with Gasteiger partial charge in [-0.25, -0.2) is 0 Å². The number of carbonyl (C=O) groups is 1. The topological polar surface area (TPSA) is 60.9 Å². The predicted octanol–water partition coefficient (Wildman–Crippen LogP) is 4.71. The van der Waals surface area contributed by atoms with Gasteiger partial charge < -0.3 is 5.73 Å². The Morgan fingerprint density at radius 1 is 1.15 bits per heavy atom. The molecule has 0 unspecified atom stereocenters. The van der Waals surface area contributed by atoms with Gasteiger partial charge in [0.15, 0.2) is 0 Å². The Hall–Kier alpha value is -2.14. The molecule has 0 spiro atoms. The molecule has 0 aliphatic heterocycles. The summed E-state index contributed by atoms with van der Waals surface area (Å²) in [5.74, 6) is 0. The molecule has 0 aliphatic carbocycles. The summed E-state index contributed by atoms with van der Waals surface area (Å²) < 4.78 is 1.80. The maximum absolute atomic E-state index is 11.8. The summed E-state index contributed by atoms with van der Waals surface area (Å²) in [5, 5.41) is 4.50. The molecule has 0 aliphatic rings. The third-order valence-electron chi connectivity index (χ3n) is 4.37. The average molecular weight is 388 g/mol. The van der Waals surface area contributed by atoms with E-state index in [4.69, 9.17) is 28.9 Å². The molecule has 134 valence electrons. The van der Waals surface area contributed by atoms with Gasteiger partial charge in [0, 0.05) is 22.7 Å². The zero-order valence-electron chi connectivity index (χ0n) is 14.6. The van der Waals surface area contributed by atoms with Crippen LogP contribution in [0.5, 0.6) is 0 Å². The number of hydrogen-bond acceptors (Lipinski definition) is 3. The smallest absolute Gasteiger partial charge is 0.273 e. The largest absolute Gasteiger partial charge is 0.326 e. The zero-order chi connectivity index (χ0) is 18.8. The number of aryl methyl sites for hydroxylation is 1. The van der Waals surface area contributed by atoms with Crippen LogP contribution in [-0.4, -0.2) is 15.0 Å². The van der Waals surface area contributed by atoms with E-state index in [9.17, 15) is 4.79 Å². The lowest BCUT2D eigenvalue weighted by atomic mass is 10.0. The molecule has 0 atom stereocenters. The standard InChI is InChI=1S/C20H19Cl2N3O/c1-12-3-5-14(6-4-12)11-25-19(13(2)18(24-25)20(22)26)15-7-8-17(21)16(9-15)10-23/h3-9H,10-11,23H2,1-2H3. The van der Waals surface area contributed by atoms with Crippen molar-refractivity contribution >= 4 is 28.4 Å². The van der Waals surface area contributed by atoms with Crippen LogP contribution in [0, 0.1) is 13.8 Å². The fourth-order valence-corrected chi connectivity index (χ4v) is 3.34. The minimum Gasteiger partial charge on any atom is -0.326 e. The zero-order valence-corrected chi connectivity index (χ0v) is 16.1. The summed E-state index contributed by atoms with van der Waals surface area (Å²) in [6.07, 6.45) is 0. The number of rotatable bonds is 5. The van der Waals surface area contributed by atoms with E-state index in [1.807, 2.05) is 56.3 Å². The van der Waals surface area contributed by atoms with Gasteiger partial charge in [0.05, 0.1) is 12.2 Å². The fraction of sp³-hybridized carbons (Fsp3) is 0.200. The lowest BCUT2D eigenvalue weighted by Gasteiger charge is -2.11. The Balaban J connectivity index is 2.13. The van der Waals surface area contributed by atoms with Gasteiger partial charge in [-0.3, -0.25) is 9.48 Å².